The van der Waals surface area contributed by atoms with Crippen LogP contribution in [0.15, 0.2) is 0 Å². The average Bonchev–Trinajstić information content (AvgIpc) is 2.74. The first kappa shape index (κ1) is 15.0. The van der Waals surface area contributed by atoms with E-state index >= 15 is 0 Å². The zero-order chi connectivity index (χ0) is 14.9. The van der Waals surface area contributed by atoms with Crippen LogP contribution >= 0.6 is 11.3 Å². The highest BCUT2D eigenvalue weighted by molar-refractivity contribution is 7.16. The van der Waals surface area contributed by atoms with Crippen LogP contribution in [0, 0.1) is 17.2 Å². The fourth-order valence-corrected chi connectivity index (χ4v) is 3.55. The molecule has 2 heterocycles. The van der Waals surface area contributed by atoms with Crippen molar-refractivity contribution < 1.29 is 4.79 Å². The summed E-state index contributed by atoms with van der Waals surface area (Å²) in [5, 5.41) is 13.0. The zero-order valence-corrected chi connectivity index (χ0v) is 13.3. The van der Waals surface area contributed by atoms with Crippen LogP contribution in [0.4, 0.5) is 5.00 Å². The van der Waals surface area contributed by atoms with E-state index in [0.717, 1.165) is 30.1 Å². The third-order valence-electron chi connectivity index (χ3n) is 3.69. The second-order valence-corrected chi connectivity index (χ2v) is 6.88. The smallest absolute Gasteiger partial charge is 0.227 e. The Morgan fingerprint density at radius 2 is 2.10 bits per heavy atom. The number of rotatable bonds is 3. The number of amides is 1. The lowest BCUT2D eigenvalue weighted by atomic mass is 10.0. The molecule has 20 heavy (non-hydrogen) atoms. The van der Waals surface area contributed by atoms with E-state index in [0.29, 0.717) is 11.6 Å². The topological polar surface area (TPSA) is 56.1 Å². The molecule has 0 saturated carbocycles. The highest BCUT2D eigenvalue weighted by atomic mass is 32.1. The van der Waals surface area contributed by atoms with E-state index in [9.17, 15) is 10.1 Å². The van der Waals surface area contributed by atoms with Crippen LogP contribution in [-0.2, 0) is 17.8 Å². The second kappa shape index (κ2) is 5.94. The molecule has 1 aromatic heterocycles. The first-order chi connectivity index (χ1) is 9.43. The molecule has 0 saturated heterocycles. The van der Waals surface area contributed by atoms with E-state index in [2.05, 4.69) is 30.1 Å². The van der Waals surface area contributed by atoms with Gasteiger partial charge in [-0.25, -0.2) is 0 Å². The van der Waals surface area contributed by atoms with E-state index in [-0.39, 0.29) is 11.8 Å². The van der Waals surface area contributed by atoms with Gasteiger partial charge in [0, 0.05) is 29.9 Å². The Hall–Kier alpha value is -1.38. The fraction of sp³-hybridized carbons (Fsp3) is 0.600. The molecule has 0 bridgehead atoms. The first-order valence-corrected chi connectivity index (χ1v) is 7.85. The Labute approximate surface area is 124 Å². The third kappa shape index (κ3) is 2.87. The molecule has 0 atom stereocenters. The molecule has 1 aromatic rings. The number of thiophene rings is 1. The van der Waals surface area contributed by atoms with Gasteiger partial charge in [0.2, 0.25) is 5.91 Å². The van der Waals surface area contributed by atoms with Gasteiger partial charge in [0.25, 0.3) is 0 Å². The van der Waals surface area contributed by atoms with Gasteiger partial charge in [-0.2, -0.15) is 5.26 Å². The quantitative estimate of drug-likeness (QED) is 0.931. The van der Waals surface area contributed by atoms with E-state index in [1.165, 1.54) is 4.88 Å². The largest absolute Gasteiger partial charge is 0.316 e. The van der Waals surface area contributed by atoms with Crippen LogP contribution in [0.2, 0.25) is 0 Å². The minimum absolute atomic E-state index is 0.0270. The van der Waals surface area contributed by atoms with Crippen molar-refractivity contribution in [1.82, 2.24) is 4.90 Å². The molecule has 4 nitrogen and oxygen atoms in total. The van der Waals surface area contributed by atoms with Crippen LogP contribution in [0.25, 0.3) is 0 Å². The number of fused-ring (bicyclic) bond motifs is 1. The van der Waals surface area contributed by atoms with Crippen molar-refractivity contribution in [3.05, 3.63) is 16.0 Å². The summed E-state index contributed by atoms with van der Waals surface area (Å²) in [7, 11) is 0. The number of carbonyl (C=O) groups is 1. The van der Waals surface area contributed by atoms with Crippen LogP contribution in [0.3, 0.4) is 0 Å². The highest BCUT2D eigenvalue weighted by Crippen LogP contribution is 2.37. The Morgan fingerprint density at radius 3 is 2.65 bits per heavy atom. The van der Waals surface area contributed by atoms with Gasteiger partial charge in [0.05, 0.1) is 5.56 Å². The number of anilines is 1. The average molecular weight is 291 g/mol. The standard InChI is InChI=1S/C15H21N3OS/c1-9(2)14(19)17-15-12(7-16)11-5-6-18(10(3)4)8-13(11)20-15/h9-10H,5-6,8H2,1-4H3,(H,17,19). The van der Waals surface area contributed by atoms with Gasteiger partial charge >= 0.3 is 0 Å². The first-order valence-electron chi connectivity index (χ1n) is 7.03. The van der Waals surface area contributed by atoms with Gasteiger partial charge in [-0.1, -0.05) is 13.8 Å². The summed E-state index contributed by atoms with van der Waals surface area (Å²) in [6.45, 7) is 9.94. The monoisotopic (exact) mass is 291 g/mol. The molecule has 1 aliphatic rings. The number of nitriles is 1. The zero-order valence-electron chi connectivity index (χ0n) is 12.5. The summed E-state index contributed by atoms with van der Waals surface area (Å²) >= 11 is 1.56. The van der Waals surface area contributed by atoms with Gasteiger partial charge in [-0.05, 0) is 25.8 Å². The van der Waals surface area contributed by atoms with Crippen molar-refractivity contribution >= 4 is 22.2 Å². The van der Waals surface area contributed by atoms with Crippen molar-refractivity contribution in [1.29, 1.82) is 5.26 Å². The maximum absolute atomic E-state index is 11.8. The molecule has 0 radical (unpaired) electrons. The highest BCUT2D eigenvalue weighted by Gasteiger charge is 2.26. The van der Waals surface area contributed by atoms with Crippen molar-refractivity contribution in [3.8, 4) is 6.07 Å². The second-order valence-electron chi connectivity index (χ2n) is 5.78. The van der Waals surface area contributed by atoms with Crippen LogP contribution in [-0.4, -0.2) is 23.4 Å². The van der Waals surface area contributed by atoms with Gasteiger partial charge < -0.3 is 5.32 Å². The van der Waals surface area contributed by atoms with Crippen LogP contribution in [0.1, 0.15) is 43.7 Å². The summed E-state index contributed by atoms with van der Waals surface area (Å²) in [6.07, 6.45) is 0.893. The van der Waals surface area contributed by atoms with Gasteiger partial charge in [-0.3, -0.25) is 9.69 Å². The van der Waals surface area contributed by atoms with Crippen molar-refractivity contribution in [2.24, 2.45) is 5.92 Å². The maximum atomic E-state index is 11.8. The number of hydrogen-bond donors (Lipinski definition) is 1. The Bertz CT molecular complexity index is 554. The lowest BCUT2D eigenvalue weighted by molar-refractivity contribution is -0.118. The SMILES string of the molecule is CC(C)C(=O)Nc1sc2c(c1C#N)CCN(C(C)C)C2. The lowest BCUT2D eigenvalue weighted by Crippen LogP contribution is -2.35. The molecular weight excluding hydrogens is 270 g/mol. The molecule has 1 amide bonds. The fourth-order valence-electron chi connectivity index (χ4n) is 2.33. The van der Waals surface area contributed by atoms with E-state index in [1.807, 2.05) is 13.8 Å². The van der Waals surface area contributed by atoms with Crippen LogP contribution < -0.4 is 5.32 Å². The van der Waals surface area contributed by atoms with E-state index in [4.69, 9.17) is 0 Å². The Kier molecular flexibility index (Phi) is 4.46. The molecule has 0 spiro atoms. The Morgan fingerprint density at radius 1 is 1.40 bits per heavy atom. The normalized spacial score (nSPS) is 15.2. The lowest BCUT2D eigenvalue weighted by Gasteiger charge is -2.30. The van der Waals surface area contributed by atoms with E-state index in [1.54, 1.807) is 11.3 Å². The molecule has 1 N–H and O–H groups in total. The number of carbonyl (C=O) groups excluding carboxylic acids is 1. The summed E-state index contributed by atoms with van der Waals surface area (Å²) in [5.41, 5.74) is 1.80. The predicted octanol–water partition coefficient (Wildman–Crippen LogP) is 2.98. The molecule has 0 unspecified atom stereocenters. The molecule has 1 aliphatic heterocycles. The molecule has 108 valence electrons. The van der Waals surface area contributed by atoms with Gasteiger partial charge in [0.15, 0.2) is 0 Å². The maximum Gasteiger partial charge on any atom is 0.227 e. The molecular formula is C15H21N3OS. The van der Waals surface area contributed by atoms with Crippen LogP contribution in [0.5, 0.6) is 0 Å². The molecule has 0 fully saturated rings. The van der Waals surface area contributed by atoms with Gasteiger partial charge in [-0.15, -0.1) is 11.3 Å². The summed E-state index contributed by atoms with van der Waals surface area (Å²) in [4.78, 5) is 15.5. The molecule has 0 aliphatic carbocycles. The van der Waals surface area contributed by atoms with Crippen molar-refractivity contribution in [3.63, 3.8) is 0 Å². The summed E-state index contributed by atoms with van der Waals surface area (Å²) in [5.74, 6) is -0.103. The van der Waals surface area contributed by atoms with Crippen molar-refractivity contribution in [2.45, 2.75) is 46.7 Å². The minimum atomic E-state index is -0.0761. The summed E-state index contributed by atoms with van der Waals surface area (Å²) < 4.78 is 0. The Balaban J connectivity index is 2.29. The number of nitrogens with one attached hydrogen (secondary N) is 1. The van der Waals surface area contributed by atoms with E-state index < -0.39 is 0 Å². The summed E-state index contributed by atoms with van der Waals surface area (Å²) in [6, 6.07) is 2.77. The third-order valence-corrected chi connectivity index (χ3v) is 4.82. The predicted molar refractivity (Wildman–Crippen MR) is 81.8 cm³/mol. The van der Waals surface area contributed by atoms with Gasteiger partial charge in [0.1, 0.15) is 11.1 Å². The minimum Gasteiger partial charge on any atom is -0.316 e. The molecule has 0 aromatic carbocycles. The molecule has 5 heteroatoms. The van der Waals surface area contributed by atoms with Crippen molar-refractivity contribution in [2.75, 3.05) is 11.9 Å². The number of nitrogens with zero attached hydrogens (tertiary/aromatic N) is 2. The molecule has 2 rings (SSSR count). The number of hydrogen-bond acceptors (Lipinski definition) is 4.